The minimum Gasteiger partial charge on any atom is -0.264 e. The zero-order valence-electron chi connectivity index (χ0n) is 5.83. The molecule has 0 aliphatic rings. The van der Waals surface area contributed by atoms with Crippen LogP contribution < -0.4 is 0 Å². The highest BCUT2D eigenvalue weighted by atomic mass is 14.6. The Bertz CT molecular complexity index is 260. The summed E-state index contributed by atoms with van der Waals surface area (Å²) >= 11 is 0. The Morgan fingerprint density at radius 3 is 3.00 bits per heavy atom. The fourth-order valence-corrected chi connectivity index (χ4v) is 0.818. The quantitative estimate of drug-likeness (QED) is 0.580. The molecule has 0 aliphatic carbocycles. The van der Waals surface area contributed by atoms with Gasteiger partial charge in [-0.05, 0) is 18.1 Å². The van der Waals surface area contributed by atoms with Gasteiger partial charge in [-0.25, -0.2) is 0 Å². The molecule has 0 N–H and O–H groups in total. The molecule has 2 nitrogen and oxygen atoms in total. The molecular formula is C8H8N2. The molecule has 0 spiro atoms. The monoisotopic (exact) mass is 132 g/mol. The Kier molecular flexibility index (Phi) is 2.01. The molecule has 0 atom stereocenters. The Balaban J connectivity index is 3.12. The maximum Gasteiger partial charge on any atom is 0.0995 e. The van der Waals surface area contributed by atoms with Crippen LogP contribution in [-0.2, 0) is 6.42 Å². The topological polar surface area (TPSA) is 36.7 Å². The van der Waals surface area contributed by atoms with Gasteiger partial charge in [-0.1, -0.05) is 6.92 Å². The second kappa shape index (κ2) is 2.98. The van der Waals surface area contributed by atoms with Gasteiger partial charge in [0.25, 0.3) is 0 Å². The third kappa shape index (κ3) is 1.14. The number of aryl methyl sites for hydroxylation is 1. The van der Waals surface area contributed by atoms with Crippen molar-refractivity contribution < 1.29 is 0 Å². The van der Waals surface area contributed by atoms with E-state index in [1.807, 2.05) is 6.92 Å². The summed E-state index contributed by atoms with van der Waals surface area (Å²) in [6.07, 6.45) is 4.24. The second-order valence-electron chi connectivity index (χ2n) is 2.00. The third-order valence-electron chi connectivity index (χ3n) is 1.40. The first-order chi connectivity index (χ1) is 4.88. The van der Waals surface area contributed by atoms with Crippen LogP contribution in [0.1, 0.15) is 18.1 Å². The third-order valence-corrected chi connectivity index (χ3v) is 1.40. The molecular weight excluding hydrogens is 124 g/mol. The average molecular weight is 132 g/mol. The highest BCUT2D eigenvalue weighted by Crippen LogP contribution is 2.04. The van der Waals surface area contributed by atoms with Crippen molar-refractivity contribution in [2.75, 3.05) is 0 Å². The summed E-state index contributed by atoms with van der Waals surface area (Å²) in [5, 5.41) is 8.57. The first kappa shape index (κ1) is 6.76. The first-order valence-electron chi connectivity index (χ1n) is 3.21. The van der Waals surface area contributed by atoms with E-state index in [1.54, 1.807) is 18.5 Å². The highest BCUT2D eigenvalue weighted by Gasteiger charge is 1.95. The number of nitrogens with zero attached hydrogens (tertiary/aromatic N) is 2. The maximum atomic E-state index is 8.57. The Morgan fingerprint density at radius 1 is 1.70 bits per heavy atom. The first-order valence-corrected chi connectivity index (χ1v) is 3.21. The molecule has 0 saturated carbocycles. The van der Waals surface area contributed by atoms with Crippen LogP contribution in [-0.4, -0.2) is 4.98 Å². The van der Waals surface area contributed by atoms with Crippen LogP contribution in [0.5, 0.6) is 0 Å². The van der Waals surface area contributed by atoms with Crippen molar-refractivity contribution in [3.63, 3.8) is 0 Å². The van der Waals surface area contributed by atoms with E-state index in [0.29, 0.717) is 0 Å². The van der Waals surface area contributed by atoms with E-state index in [-0.39, 0.29) is 0 Å². The predicted molar refractivity (Wildman–Crippen MR) is 38.3 cm³/mol. The van der Waals surface area contributed by atoms with Gasteiger partial charge < -0.3 is 0 Å². The van der Waals surface area contributed by atoms with Gasteiger partial charge in [0.1, 0.15) is 0 Å². The van der Waals surface area contributed by atoms with Gasteiger partial charge >= 0.3 is 0 Å². The number of rotatable bonds is 1. The van der Waals surface area contributed by atoms with E-state index in [0.717, 1.165) is 17.5 Å². The van der Waals surface area contributed by atoms with E-state index in [1.165, 1.54) is 0 Å². The molecule has 0 saturated heterocycles. The number of hydrogen-bond donors (Lipinski definition) is 0. The molecule has 1 rings (SSSR count). The molecule has 0 fully saturated rings. The van der Waals surface area contributed by atoms with Gasteiger partial charge in [-0.3, -0.25) is 4.98 Å². The van der Waals surface area contributed by atoms with Crippen LogP contribution in [0.4, 0.5) is 0 Å². The van der Waals surface area contributed by atoms with Gasteiger partial charge in [-0.2, -0.15) is 5.26 Å². The minimum absolute atomic E-state index is 0.734. The van der Waals surface area contributed by atoms with E-state index < -0.39 is 0 Å². The molecule has 0 radical (unpaired) electrons. The molecule has 1 aromatic heterocycles. The lowest BCUT2D eigenvalue weighted by molar-refractivity contribution is 1.09. The summed E-state index contributed by atoms with van der Waals surface area (Å²) in [5.74, 6) is 0. The van der Waals surface area contributed by atoms with Crippen LogP contribution in [0.15, 0.2) is 18.5 Å². The summed E-state index contributed by atoms with van der Waals surface area (Å²) in [7, 11) is 0. The molecule has 10 heavy (non-hydrogen) atoms. The minimum atomic E-state index is 0.734. The van der Waals surface area contributed by atoms with Gasteiger partial charge in [0.05, 0.1) is 11.6 Å². The van der Waals surface area contributed by atoms with Gasteiger partial charge in [0.2, 0.25) is 0 Å². The molecule has 1 aromatic rings. The number of pyridine rings is 1. The zero-order valence-corrected chi connectivity index (χ0v) is 5.83. The molecule has 1 heterocycles. The van der Waals surface area contributed by atoms with Crippen LogP contribution in [0.3, 0.4) is 0 Å². The number of hydrogen-bond acceptors (Lipinski definition) is 2. The molecule has 0 aromatic carbocycles. The summed E-state index contributed by atoms with van der Waals surface area (Å²) in [5.41, 5.74) is 1.75. The summed E-state index contributed by atoms with van der Waals surface area (Å²) in [6, 6.07) is 3.84. The molecule has 50 valence electrons. The van der Waals surface area contributed by atoms with Gasteiger partial charge in [0.15, 0.2) is 0 Å². The second-order valence-corrected chi connectivity index (χ2v) is 2.00. The predicted octanol–water partition coefficient (Wildman–Crippen LogP) is 1.52. The molecule has 0 amide bonds. The summed E-state index contributed by atoms with van der Waals surface area (Å²) in [4.78, 5) is 3.91. The lowest BCUT2D eigenvalue weighted by Crippen LogP contribution is -1.87. The van der Waals surface area contributed by atoms with Crippen LogP contribution >= 0.6 is 0 Å². The number of nitriles is 1. The largest absolute Gasteiger partial charge is 0.264 e. The fourth-order valence-electron chi connectivity index (χ4n) is 0.818. The lowest BCUT2D eigenvalue weighted by atomic mass is 10.1. The van der Waals surface area contributed by atoms with Crippen molar-refractivity contribution in [2.45, 2.75) is 13.3 Å². The molecule has 0 aliphatic heterocycles. The van der Waals surface area contributed by atoms with E-state index >= 15 is 0 Å². The van der Waals surface area contributed by atoms with Gasteiger partial charge in [0, 0.05) is 12.4 Å². The van der Waals surface area contributed by atoms with Crippen LogP contribution in [0, 0.1) is 11.3 Å². The van der Waals surface area contributed by atoms with E-state index in [2.05, 4.69) is 11.1 Å². The van der Waals surface area contributed by atoms with Crippen molar-refractivity contribution >= 4 is 0 Å². The van der Waals surface area contributed by atoms with Crippen molar-refractivity contribution in [1.29, 1.82) is 5.26 Å². The zero-order chi connectivity index (χ0) is 7.40. The Labute approximate surface area is 60.1 Å². The molecule has 2 heteroatoms. The normalized spacial score (nSPS) is 8.80. The number of aromatic nitrogens is 1. The van der Waals surface area contributed by atoms with Crippen molar-refractivity contribution in [3.8, 4) is 6.07 Å². The van der Waals surface area contributed by atoms with Gasteiger partial charge in [-0.15, -0.1) is 0 Å². The van der Waals surface area contributed by atoms with E-state index in [9.17, 15) is 0 Å². The smallest absolute Gasteiger partial charge is 0.0995 e. The molecule has 0 unspecified atom stereocenters. The van der Waals surface area contributed by atoms with Crippen molar-refractivity contribution in [1.82, 2.24) is 4.98 Å². The standard InChI is InChI=1S/C8H8N2/c1-2-7-6-10-4-3-8(7)5-9/h3-4,6H,2H2,1H3. The van der Waals surface area contributed by atoms with Crippen molar-refractivity contribution in [2.24, 2.45) is 0 Å². The summed E-state index contributed by atoms with van der Waals surface area (Å²) < 4.78 is 0. The lowest BCUT2D eigenvalue weighted by Gasteiger charge is -1.95. The Hall–Kier alpha value is -1.36. The SMILES string of the molecule is CCc1cnccc1C#N. The highest BCUT2D eigenvalue weighted by molar-refractivity contribution is 5.34. The summed E-state index contributed by atoms with van der Waals surface area (Å²) in [6.45, 7) is 2.01. The van der Waals surface area contributed by atoms with E-state index in [4.69, 9.17) is 5.26 Å². The fraction of sp³-hybridized carbons (Fsp3) is 0.250. The molecule has 0 bridgehead atoms. The maximum absolute atomic E-state index is 8.57. The average Bonchev–Trinajstić information content (AvgIpc) is 2.04. The van der Waals surface area contributed by atoms with Crippen molar-refractivity contribution in [3.05, 3.63) is 29.6 Å². The van der Waals surface area contributed by atoms with Crippen LogP contribution in [0.2, 0.25) is 0 Å². The van der Waals surface area contributed by atoms with Crippen LogP contribution in [0.25, 0.3) is 0 Å². The Morgan fingerprint density at radius 2 is 2.50 bits per heavy atom.